The predicted molar refractivity (Wildman–Crippen MR) is 138 cm³/mol. The number of aryl methyl sites for hydroxylation is 1. The number of nitrogens with one attached hydrogen (secondary N) is 2. The third kappa shape index (κ3) is 4.59. The van der Waals surface area contributed by atoms with Crippen molar-refractivity contribution < 1.29 is 9.53 Å². The van der Waals surface area contributed by atoms with Crippen LogP contribution in [0.25, 0.3) is 27.5 Å². The van der Waals surface area contributed by atoms with E-state index >= 15 is 0 Å². The number of carbonyl (C=O) groups excluding carboxylic acids is 1. The van der Waals surface area contributed by atoms with Crippen molar-refractivity contribution in [3.8, 4) is 0 Å². The number of nitrogens with two attached hydrogens (primary N) is 1. The van der Waals surface area contributed by atoms with Gasteiger partial charge in [0.1, 0.15) is 11.2 Å². The fourth-order valence-corrected chi connectivity index (χ4v) is 4.52. The summed E-state index contributed by atoms with van der Waals surface area (Å²) in [5, 5.41) is 9.95. The smallest absolute Gasteiger partial charge is 0.410 e. The van der Waals surface area contributed by atoms with Gasteiger partial charge in [0.15, 0.2) is 0 Å². The molecule has 9 nitrogen and oxygen atoms in total. The van der Waals surface area contributed by atoms with Crippen LogP contribution in [0.15, 0.2) is 42.7 Å². The van der Waals surface area contributed by atoms with Crippen LogP contribution in [0.1, 0.15) is 38.4 Å². The van der Waals surface area contributed by atoms with Crippen LogP contribution < -0.4 is 11.1 Å². The first-order valence-electron chi connectivity index (χ1n) is 11.8. The number of nitrogens with zero attached hydrogens (tertiary/aromatic N) is 4. The number of amides is 1. The molecule has 5 rings (SSSR count). The summed E-state index contributed by atoms with van der Waals surface area (Å²) in [7, 11) is 1.93. The Hall–Kier alpha value is -3.85. The Bertz CT molecular complexity index is 1440. The molecule has 4 N–H and O–H groups in total. The molecule has 1 amide bonds. The summed E-state index contributed by atoms with van der Waals surface area (Å²) in [5.41, 5.74) is 12.5. The van der Waals surface area contributed by atoms with E-state index in [2.05, 4.69) is 44.7 Å². The first kappa shape index (κ1) is 22.9. The number of hydrogen-bond acceptors (Lipinski definition) is 6. The summed E-state index contributed by atoms with van der Waals surface area (Å²) in [5.74, 6) is 0. The second-order valence-electron chi connectivity index (χ2n) is 9.88. The third-order valence-corrected chi connectivity index (χ3v) is 6.15. The SMILES string of the molecule is Cn1ncc2cc(Nc3ccnc4[nH]c(C5=CCN(C(=O)OC(C)(C)C)CC5)cc34)cc(CN)c21. The Morgan fingerprint density at radius 1 is 1.29 bits per heavy atom. The second kappa shape index (κ2) is 8.74. The van der Waals surface area contributed by atoms with Crippen LogP contribution >= 0.6 is 0 Å². The highest BCUT2D eigenvalue weighted by Gasteiger charge is 2.24. The van der Waals surface area contributed by atoms with E-state index in [0.29, 0.717) is 19.6 Å². The minimum absolute atomic E-state index is 0.278. The molecule has 182 valence electrons. The number of benzene rings is 1. The number of H-pyrrole nitrogens is 1. The van der Waals surface area contributed by atoms with Gasteiger partial charge >= 0.3 is 6.09 Å². The van der Waals surface area contributed by atoms with E-state index < -0.39 is 5.60 Å². The normalized spacial score (nSPS) is 14.4. The third-order valence-electron chi connectivity index (χ3n) is 6.15. The standard InChI is InChI=1S/C26H31N7O2/c1-26(2,3)35-25(34)33-9-6-16(7-10-33)22-13-20-21(5-8-28-24(20)31-22)30-19-11-17(14-27)23-18(12-19)15-29-32(23)4/h5-6,8,11-13,15H,7,9-10,14,27H2,1-4H3,(H2,28,30,31). The van der Waals surface area contributed by atoms with Gasteiger partial charge in [-0.25, -0.2) is 9.78 Å². The molecule has 0 saturated heterocycles. The number of aromatic amines is 1. The summed E-state index contributed by atoms with van der Waals surface area (Å²) in [4.78, 5) is 22.1. The molecule has 1 aromatic carbocycles. The summed E-state index contributed by atoms with van der Waals surface area (Å²) in [6, 6.07) is 8.23. The molecular weight excluding hydrogens is 442 g/mol. The number of ether oxygens (including phenoxy) is 1. The molecular formula is C26H31N7O2. The van der Waals surface area contributed by atoms with Crippen molar-refractivity contribution in [1.29, 1.82) is 0 Å². The average molecular weight is 474 g/mol. The van der Waals surface area contributed by atoms with E-state index in [0.717, 1.165) is 56.6 Å². The zero-order chi connectivity index (χ0) is 24.7. The lowest BCUT2D eigenvalue weighted by atomic mass is 10.0. The summed E-state index contributed by atoms with van der Waals surface area (Å²) in [6.07, 6.45) is 6.19. The summed E-state index contributed by atoms with van der Waals surface area (Å²) in [6.45, 7) is 7.20. The quantitative estimate of drug-likeness (QED) is 0.397. The Morgan fingerprint density at radius 2 is 2.11 bits per heavy atom. The lowest BCUT2D eigenvalue weighted by Gasteiger charge is -2.29. The Kier molecular flexibility index (Phi) is 5.72. The van der Waals surface area contributed by atoms with Crippen molar-refractivity contribution in [2.45, 2.75) is 39.3 Å². The van der Waals surface area contributed by atoms with E-state index in [9.17, 15) is 4.79 Å². The van der Waals surface area contributed by atoms with E-state index in [1.165, 1.54) is 0 Å². The molecule has 4 aromatic rings. The van der Waals surface area contributed by atoms with Crippen molar-refractivity contribution in [2.75, 3.05) is 18.4 Å². The predicted octanol–water partition coefficient (Wildman–Crippen LogP) is 4.68. The lowest BCUT2D eigenvalue weighted by molar-refractivity contribution is 0.0270. The molecule has 3 aromatic heterocycles. The summed E-state index contributed by atoms with van der Waals surface area (Å²) < 4.78 is 7.36. The number of anilines is 2. The fraction of sp³-hybridized carbons (Fsp3) is 0.346. The molecule has 1 aliphatic heterocycles. The second-order valence-corrected chi connectivity index (χ2v) is 9.88. The van der Waals surface area contributed by atoms with E-state index in [4.69, 9.17) is 10.5 Å². The van der Waals surface area contributed by atoms with Crippen LogP contribution in [0, 0.1) is 0 Å². The average Bonchev–Trinajstić information content (AvgIpc) is 3.42. The maximum atomic E-state index is 12.4. The van der Waals surface area contributed by atoms with Crippen LogP contribution in [-0.4, -0.2) is 49.4 Å². The highest BCUT2D eigenvalue weighted by Crippen LogP contribution is 2.32. The van der Waals surface area contributed by atoms with Gasteiger partial charge < -0.3 is 25.7 Å². The largest absolute Gasteiger partial charge is 0.444 e. The molecule has 0 radical (unpaired) electrons. The number of aromatic nitrogens is 4. The van der Waals surface area contributed by atoms with Crippen LogP contribution in [0.3, 0.4) is 0 Å². The van der Waals surface area contributed by atoms with Crippen molar-refractivity contribution >= 4 is 45.0 Å². The minimum Gasteiger partial charge on any atom is -0.444 e. The van der Waals surface area contributed by atoms with Crippen LogP contribution in [0.2, 0.25) is 0 Å². The first-order chi connectivity index (χ1) is 16.7. The molecule has 0 fully saturated rings. The Morgan fingerprint density at radius 3 is 2.83 bits per heavy atom. The molecule has 0 unspecified atom stereocenters. The van der Waals surface area contributed by atoms with Gasteiger partial charge in [-0.15, -0.1) is 0 Å². The lowest BCUT2D eigenvalue weighted by Crippen LogP contribution is -2.39. The molecule has 35 heavy (non-hydrogen) atoms. The van der Waals surface area contributed by atoms with Gasteiger partial charge in [-0.3, -0.25) is 4.68 Å². The Balaban J connectivity index is 1.40. The van der Waals surface area contributed by atoms with E-state index in [-0.39, 0.29) is 6.09 Å². The monoisotopic (exact) mass is 473 g/mol. The van der Waals surface area contributed by atoms with Gasteiger partial charge in [0.05, 0.1) is 17.4 Å². The van der Waals surface area contributed by atoms with E-state index in [1.54, 1.807) is 11.1 Å². The highest BCUT2D eigenvalue weighted by molar-refractivity contribution is 5.95. The Labute approximate surface area is 203 Å². The zero-order valence-electron chi connectivity index (χ0n) is 20.6. The van der Waals surface area contributed by atoms with Gasteiger partial charge in [0.25, 0.3) is 0 Å². The number of fused-ring (bicyclic) bond motifs is 2. The number of carbonyl (C=O) groups is 1. The van der Waals surface area contributed by atoms with Gasteiger partial charge in [0.2, 0.25) is 0 Å². The van der Waals surface area contributed by atoms with Gasteiger partial charge in [-0.1, -0.05) is 6.08 Å². The number of hydrogen-bond donors (Lipinski definition) is 3. The number of rotatable bonds is 4. The topological polar surface area (TPSA) is 114 Å². The van der Waals surface area contributed by atoms with Gasteiger partial charge in [0, 0.05) is 55.0 Å². The fourth-order valence-electron chi connectivity index (χ4n) is 4.52. The number of pyridine rings is 1. The molecule has 0 spiro atoms. The minimum atomic E-state index is -0.500. The maximum absolute atomic E-state index is 12.4. The molecule has 0 aliphatic carbocycles. The molecule has 1 aliphatic rings. The van der Waals surface area contributed by atoms with Crippen LogP contribution in [0.5, 0.6) is 0 Å². The summed E-state index contributed by atoms with van der Waals surface area (Å²) >= 11 is 0. The van der Waals surface area contributed by atoms with E-state index in [1.807, 2.05) is 44.8 Å². The molecule has 0 bridgehead atoms. The maximum Gasteiger partial charge on any atom is 0.410 e. The molecule has 9 heteroatoms. The van der Waals surface area contributed by atoms with Gasteiger partial charge in [-0.2, -0.15) is 5.10 Å². The first-order valence-corrected chi connectivity index (χ1v) is 11.8. The molecule has 0 saturated carbocycles. The van der Waals surface area contributed by atoms with Crippen molar-refractivity contribution in [2.24, 2.45) is 12.8 Å². The molecule has 0 atom stereocenters. The van der Waals surface area contributed by atoms with Crippen molar-refractivity contribution in [3.63, 3.8) is 0 Å². The zero-order valence-corrected chi connectivity index (χ0v) is 20.6. The van der Waals surface area contributed by atoms with Crippen molar-refractivity contribution in [3.05, 3.63) is 54.0 Å². The van der Waals surface area contributed by atoms with Crippen LogP contribution in [-0.2, 0) is 18.3 Å². The molecule has 4 heterocycles. The highest BCUT2D eigenvalue weighted by atomic mass is 16.6. The van der Waals surface area contributed by atoms with Gasteiger partial charge in [-0.05, 0) is 62.6 Å². The van der Waals surface area contributed by atoms with Crippen LogP contribution in [0.4, 0.5) is 16.2 Å². The van der Waals surface area contributed by atoms with Crippen molar-refractivity contribution in [1.82, 2.24) is 24.6 Å².